The molecule has 1 aromatic carbocycles. The van der Waals surface area contributed by atoms with E-state index in [1.807, 2.05) is 28.8 Å². The average molecular weight is 398 g/mol. The van der Waals surface area contributed by atoms with Gasteiger partial charge in [0.25, 0.3) is 5.56 Å². The lowest BCUT2D eigenvalue weighted by molar-refractivity contribution is -0.134. The number of carbonyl (C=O) groups excluding carboxylic acids is 1. The second-order valence-electron chi connectivity index (χ2n) is 8.45. The van der Waals surface area contributed by atoms with Gasteiger partial charge in [-0.25, -0.2) is 4.98 Å². The minimum absolute atomic E-state index is 0.0355. The molecule has 6 heteroatoms. The normalized spacial score (nSPS) is 24.9. The maximum absolute atomic E-state index is 13.1. The van der Waals surface area contributed by atoms with Gasteiger partial charge >= 0.3 is 0 Å². The molecule has 0 unspecified atom stereocenters. The van der Waals surface area contributed by atoms with Gasteiger partial charge in [-0.1, -0.05) is 36.7 Å². The van der Waals surface area contributed by atoms with Crippen LogP contribution in [0.3, 0.4) is 0 Å². The monoisotopic (exact) mass is 397 g/mol. The smallest absolute Gasteiger partial charge is 0.262 e. The van der Waals surface area contributed by atoms with Gasteiger partial charge in [-0.3, -0.25) is 14.2 Å². The topological polar surface area (TPSA) is 55.2 Å². The molecule has 0 spiro atoms. The molecule has 2 aliphatic carbocycles. The average Bonchev–Trinajstić information content (AvgIpc) is 3.56. The van der Waals surface area contributed by atoms with Crippen molar-refractivity contribution in [3.05, 3.63) is 34.6 Å². The van der Waals surface area contributed by atoms with Crippen molar-refractivity contribution in [2.24, 2.45) is 5.92 Å². The number of thioether (sulfide) groups is 1. The third-order valence-corrected chi connectivity index (χ3v) is 7.51. The van der Waals surface area contributed by atoms with Gasteiger partial charge in [-0.2, -0.15) is 0 Å². The quantitative estimate of drug-likeness (QED) is 0.578. The van der Waals surface area contributed by atoms with Gasteiger partial charge in [-0.15, -0.1) is 0 Å². The number of fused-ring (bicyclic) bond motifs is 2. The van der Waals surface area contributed by atoms with Crippen LogP contribution in [0.1, 0.15) is 57.4 Å². The molecule has 2 aromatic rings. The van der Waals surface area contributed by atoms with Crippen LogP contribution in [0, 0.1) is 5.92 Å². The van der Waals surface area contributed by atoms with E-state index in [9.17, 15) is 9.59 Å². The van der Waals surface area contributed by atoms with Crippen LogP contribution in [-0.2, 0) is 4.79 Å². The summed E-state index contributed by atoms with van der Waals surface area (Å²) in [7, 11) is 0. The molecule has 1 aromatic heterocycles. The first kappa shape index (κ1) is 18.2. The van der Waals surface area contributed by atoms with Gasteiger partial charge in [0.1, 0.15) is 0 Å². The molecule has 0 bridgehead atoms. The predicted molar refractivity (Wildman–Crippen MR) is 112 cm³/mol. The number of hydrogen-bond acceptors (Lipinski definition) is 4. The van der Waals surface area contributed by atoms with E-state index in [1.165, 1.54) is 37.4 Å². The van der Waals surface area contributed by atoms with E-state index in [0.717, 1.165) is 37.7 Å². The summed E-state index contributed by atoms with van der Waals surface area (Å²) < 4.78 is 1.83. The lowest BCUT2D eigenvalue weighted by Gasteiger charge is -2.44. The highest BCUT2D eigenvalue weighted by molar-refractivity contribution is 7.99. The molecule has 28 heavy (non-hydrogen) atoms. The van der Waals surface area contributed by atoms with Crippen LogP contribution >= 0.6 is 11.8 Å². The fourth-order valence-electron chi connectivity index (χ4n) is 5.03. The Hall–Kier alpha value is -1.82. The van der Waals surface area contributed by atoms with Crippen molar-refractivity contribution in [2.75, 3.05) is 12.3 Å². The number of benzene rings is 1. The Morgan fingerprint density at radius 2 is 1.86 bits per heavy atom. The molecular weight excluding hydrogens is 370 g/mol. The summed E-state index contributed by atoms with van der Waals surface area (Å²) in [5, 5.41) is 1.38. The first-order valence-electron chi connectivity index (χ1n) is 10.7. The van der Waals surface area contributed by atoms with Gasteiger partial charge < -0.3 is 4.90 Å². The summed E-state index contributed by atoms with van der Waals surface area (Å²) in [5.41, 5.74) is 0.762. The molecule has 5 rings (SSSR count). The van der Waals surface area contributed by atoms with Crippen molar-refractivity contribution in [3.63, 3.8) is 0 Å². The van der Waals surface area contributed by atoms with Crippen molar-refractivity contribution in [3.8, 4) is 0 Å². The fourth-order valence-corrected chi connectivity index (χ4v) is 5.98. The van der Waals surface area contributed by atoms with Crippen molar-refractivity contribution < 1.29 is 4.79 Å². The highest BCUT2D eigenvalue weighted by Gasteiger charge is 2.36. The number of amides is 1. The number of carbonyl (C=O) groups is 1. The molecule has 3 fully saturated rings. The first-order valence-corrected chi connectivity index (χ1v) is 11.6. The van der Waals surface area contributed by atoms with Gasteiger partial charge in [0.15, 0.2) is 5.16 Å². The zero-order chi connectivity index (χ0) is 19.1. The van der Waals surface area contributed by atoms with Gasteiger partial charge in [0, 0.05) is 18.6 Å². The number of hydrogen-bond donors (Lipinski definition) is 0. The van der Waals surface area contributed by atoms with Crippen LogP contribution in [0.2, 0.25) is 0 Å². The van der Waals surface area contributed by atoms with Crippen LogP contribution in [0.25, 0.3) is 10.9 Å². The van der Waals surface area contributed by atoms with Crippen LogP contribution in [-0.4, -0.2) is 38.7 Å². The molecular formula is C22H27N3O2S. The van der Waals surface area contributed by atoms with Crippen molar-refractivity contribution in [1.82, 2.24) is 14.5 Å². The molecule has 1 amide bonds. The minimum atomic E-state index is 0.0355. The Balaban J connectivity index is 1.37. The predicted octanol–water partition coefficient (Wildman–Crippen LogP) is 4.00. The van der Waals surface area contributed by atoms with Gasteiger partial charge in [0.05, 0.1) is 16.7 Å². The van der Waals surface area contributed by atoms with Crippen molar-refractivity contribution in [2.45, 2.75) is 68.6 Å². The fraction of sp³-hybridized carbons (Fsp3) is 0.591. The van der Waals surface area contributed by atoms with E-state index in [0.29, 0.717) is 28.3 Å². The third-order valence-electron chi connectivity index (χ3n) is 6.58. The number of piperidine rings is 1. The number of likely N-dealkylation sites (tertiary alicyclic amines) is 1. The first-order chi connectivity index (χ1) is 13.7. The standard InChI is InChI=1S/C22H27N3O2S/c26-20(24-13-5-7-15-6-1-4-10-19(15)24)14-28-22-23-18-9-3-2-8-17(18)21(27)25(22)16-11-12-16/h2-3,8-9,15-16,19H,1,4-7,10-14H2/t15-,19-/m1/s1. The Bertz CT molecular complexity index is 950. The second kappa shape index (κ2) is 7.54. The number of para-hydroxylation sites is 1. The maximum atomic E-state index is 13.1. The van der Waals surface area contributed by atoms with E-state index in [1.54, 1.807) is 0 Å². The SMILES string of the molecule is O=C(CSc1nc2ccccc2c(=O)n1C1CC1)N1CCC[C@H]2CCCC[C@H]21. The molecule has 1 aliphatic heterocycles. The molecule has 0 N–H and O–H groups in total. The number of nitrogens with zero attached hydrogens (tertiary/aromatic N) is 3. The third kappa shape index (κ3) is 3.36. The molecule has 1 saturated heterocycles. The molecule has 2 saturated carbocycles. The van der Waals surface area contributed by atoms with Crippen LogP contribution in [0.4, 0.5) is 0 Å². The number of rotatable bonds is 4. The molecule has 5 nitrogen and oxygen atoms in total. The van der Waals surface area contributed by atoms with E-state index in [4.69, 9.17) is 4.98 Å². The molecule has 3 aliphatic rings. The number of aromatic nitrogens is 2. The second-order valence-corrected chi connectivity index (χ2v) is 9.39. The Morgan fingerprint density at radius 1 is 1.07 bits per heavy atom. The summed E-state index contributed by atoms with van der Waals surface area (Å²) >= 11 is 1.45. The van der Waals surface area contributed by atoms with Crippen molar-refractivity contribution in [1.29, 1.82) is 0 Å². The van der Waals surface area contributed by atoms with Crippen LogP contribution in [0.5, 0.6) is 0 Å². The van der Waals surface area contributed by atoms with E-state index in [2.05, 4.69) is 4.90 Å². The molecule has 148 valence electrons. The summed E-state index contributed by atoms with van der Waals surface area (Å²) in [6.45, 7) is 0.890. The molecule has 2 heterocycles. The van der Waals surface area contributed by atoms with Crippen LogP contribution in [0.15, 0.2) is 34.2 Å². The molecule has 2 atom stereocenters. The highest BCUT2D eigenvalue weighted by atomic mass is 32.2. The Kier molecular flexibility index (Phi) is 4.91. The van der Waals surface area contributed by atoms with Gasteiger partial charge in [-0.05, 0) is 56.6 Å². The maximum Gasteiger partial charge on any atom is 0.262 e. The summed E-state index contributed by atoms with van der Waals surface area (Å²) in [6, 6.07) is 8.21. The lowest BCUT2D eigenvalue weighted by Crippen LogP contribution is -2.50. The zero-order valence-electron chi connectivity index (χ0n) is 16.2. The van der Waals surface area contributed by atoms with E-state index < -0.39 is 0 Å². The van der Waals surface area contributed by atoms with Crippen molar-refractivity contribution >= 4 is 28.6 Å². The molecule has 0 radical (unpaired) electrons. The minimum Gasteiger partial charge on any atom is -0.339 e. The summed E-state index contributed by atoms with van der Waals surface area (Å²) in [6.07, 6.45) is 9.43. The largest absolute Gasteiger partial charge is 0.339 e. The summed E-state index contributed by atoms with van der Waals surface area (Å²) in [5.74, 6) is 1.28. The van der Waals surface area contributed by atoms with E-state index in [-0.39, 0.29) is 17.5 Å². The Morgan fingerprint density at radius 3 is 2.71 bits per heavy atom. The van der Waals surface area contributed by atoms with Gasteiger partial charge in [0.2, 0.25) is 5.91 Å². The summed E-state index contributed by atoms with van der Waals surface area (Å²) in [4.78, 5) is 32.9. The lowest BCUT2D eigenvalue weighted by atomic mass is 9.78. The van der Waals surface area contributed by atoms with Crippen LogP contribution < -0.4 is 5.56 Å². The highest BCUT2D eigenvalue weighted by Crippen LogP contribution is 2.38. The Labute approximate surface area is 169 Å². The van der Waals surface area contributed by atoms with E-state index >= 15 is 0 Å². The zero-order valence-corrected chi connectivity index (χ0v) is 17.0.